The molecular formula is C12H12BrNO3. The number of hydrogen-bond donors (Lipinski definition) is 0. The minimum atomic E-state index is -0.156. The van der Waals surface area contributed by atoms with E-state index < -0.39 is 0 Å². The lowest BCUT2D eigenvalue weighted by molar-refractivity contribution is 0.0799. The molecule has 1 amide bonds. The third-order valence-corrected chi connectivity index (χ3v) is 3.03. The second kappa shape index (κ2) is 4.41. The van der Waals surface area contributed by atoms with E-state index in [1.165, 1.54) is 4.90 Å². The Kier molecular flexibility index (Phi) is 3.11. The molecule has 5 heteroatoms. The molecule has 2 rings (SSSR count). The highest BCUT2D eigenvalue weighted by molar-refractivity contribution is 9.10. The zero-order valence-corrected chi connectivity index (χ0v) is 11.4. The van der Waals surface area contributed by atoms with Crippen molar-refractivity contribution in [2.45, 2.75) is 0 Å². The van der Waals surface area contributed by atoms with Crippen LogP contribution in [0.3, 0.4) is 0 Å². The van der Waals surface area contributed by atoms with Crippen molar-refractivity contribution in [1.29, 1.82) is 0 Å². The summed E-state index contributed by atoms with van der Waals surface area (Å²) in [6, 6.07) is 5.34. The number of halogens is 1. The number of fused-ring (bicyclic) bond motifs is 1. The van der Waals surface area contributed by atoms with E-state index in [1.807, 2.05) is 6.07 Å². The number of hydrogen-bond acceptors (Lipinski definition) is 3. The standard InChI is InChI=1S/C12H12BrNO3/c1-14(2)12(15)11-5-7-4-10(16-3)8(13)6-9(7)17-11/h4-6H,1-3H3. The Labute approximate surface area is 107 Å². The van der Waals surface area contributed by atoms with Crippen molar-refractivity contribution in [3.05, 3.63) is 28.4 Å². The summed E-state index contributed by atoms with van der Waals surface area (Å²) in [7, 11) is 4.97. The summed E-state index contributed by atoms with van der Waals surface area (Å²) >= 11 is 3.37. The van der Waals surface area contributed by atoms with Crippen LogP contribution in [0.4, 0.5) is 0 Å². The van der Waals surface area contributed by atoms with Gasteiger partial charge in [0.15, 0.2) is 5.76 Å². The molecule has 0 bridgehead atoms. The van der Waals surface area contributed by atoms with Crippen LogP contribution in [0, 0.1) is 0 Å². The largest absolute Gasteiger partial charge is 0.496 e. The van der Waals surface area contributed by atoms with Crippen molar-refractivity contribution in [3.63, 3.8) is 0 Å². The smallest absolute Gasteiger partial charge is 0.289 e. The van der Waals surface area contributed by atoms with Gasteiger partial charge in [-0.05, 0) is 34.1 Å². The Morgan fingerprint density at radius 1 is 1.35 bits per heavy atom. The molecule has 0 fully saturated rings. The zero-order chi connectivity index (χ0) is 12.6. The van der Waals surface area contributed by atoms with E-state index in [0.29, 0.717) is 17.1 Å². The molecule has 90 valence electrons. The van der Waals surface area contributed by atoms with Crippen LogP contribution >= 0.6 is 15.9 Å². The van der Waals surface area contributed by atoms with E-state index in [-0.39, 0.29) is 5.91 Å². The van der Waals surface area contributed by atoms with E-state index in [9.17, 15) is 4.79 Å². The Hall–Kier alpha value is -1.49. The number of amides is 1. The molecule has 2 aromatic rings. The van der Waals surface area contributed by atoms with Crippen molar-refractivity contribution in [3.8, 4) is 5.75 Å². The van der Waals surface area contributed by atoms with Crippen LogP contribution in [0.15, 0.2) is 27.1 Å². The van der Waals surface area contributed by atoms with Crippen molar-refractivity contribution in [2.24, 2.45) is 0 Å². The molecule has 0 aliphatic rings. The van der Waals surface area contributed by atoms with Gasteiger partial charge in [0.05, 0.1) is 11.6 Å². The van der Waals surface area contributed by atoms with Crippen LogP contribution < -0.4 is 4.74 Å². The molecule has 0 N–H and O–H groups in total. The molecule has 0 unspecified atom stereocenters. The van der Waals surface area contributed by atoms with Crippen LogP contribution in [0.1, 0.15) is 10.6 Å². The Bertz CT molecular complexity index is 574. The fourth-order valence-electron chi connectivity index (χ4n) is 1.52. The Balaban J connectivity index is 2.54. The van der Waals surface area contributed by atoms with Crippen molar-refractivity contribution < 1.29 is 13.9 Å². The van der Waals surface area contributed by atoms with Gasteiger partial charge in [0, 0.05) is 19.5 Å². The van der Waals surface area contributed by atoms with Gasteiger partial charge in [-0.3, -0.25) is 4.79 Å². The van der Waals surface area contributed by atoms with E-state index >= 15 is 0 Å². The van der Waals surface area contributed by atoms with Crippen LogP contribution in [0.25, 0.3) is 11.0 Å². The quantitative estimate of drug-likeness (QED) is 0.856. The third kappa shape index (κ3) is 2.15. The number of carbonyl (C=O) groups is 1. The van der Waals surface area contributed by atoms with Crippen molar-refractivity contribution in [1.82, 2.24) is 4.90 Å². The predicted octanol–water partition coefficient (Wildman–Crippen LogP) is 2.91. The Morgan fingerprint density at radius 2 is 2.06 bits per heavy atom. The Morgan fingerprint density at radius 3 is 2.65 bits per heavy atom. The average molecular weight is 298 g/mol. The van der Waals surface area contributed by atoms with Crippen molar-refractivity contribution >= 4 is 32.8 Å². The summed E-state index contributed by atoms with van der Waals surface area (Å²) in [5.41, 5.74) is 0.655. The third-order valence-electron chi connectivity index (χ3n) is 2.41. The van der Waals surface area contributed by atoms with Gasteiger partial charge in [-0.2, -0.15) is 0 Å². The normalized spacial score (nSPS) is 10.6. The number of methoxy groups -OCH3 is 1. The zero-order valence-electron chi connectivity index (χ0n) is 9.78. The first-order chi connectivity index (χ1) is 8.02. The van der Waals surface area contributed by atoms with Gasteiger partial charge >= 0.3 is 0 Å². The lowest BCUT2D eigenvalue weighted by atomic mass is 10.2. The molecule has 1 aromatic carbocycles. The van der Waals surface area contributed by atoms with E-state index in [1.54, 1.807) is 33.3 Å². The highest BCUT2D eigenvalue weighted by Crippen LogP contribution is 2.32. The molecule has 0 saturated heterocycles. The minimum Gasteiger partial charge on any atom is -0.496 e. The maximum absolute atomic E-state index is 11.7. The number of ether oxygens (including phenoxy) is 1. The summed E-state index contributed by atoms with van der Waals surface area (Å²) in [6.45, 7) is 0. The molecule has 0 atom stereocenters. The first-order valence-corrected chi connectivity index (χ1v) is 5.81. The highest BCUT2D eigenvalue weighted by atomic mass is 79.9. The molecule has 0 radical (unpaired) electrons. The van der Waals surface area contributed by atoms with Crippen LogP contribution in [0.5, 0.6) is 5.75 Å². The average Bonchev–Trinajstić information content (AvgIpc) is 2.69. The number of benzene rings is 1. The molecular weight excluding hydrogens is 286 g/mol. The van der Waals surface area contributed by atoms with E-state index in [4.69, 9.17) is 9.15 Å². The monoisotopic (exact) mass is 297 g/mol. The molecule has 17 heavy (non-hydrogen) atoms. The first kappa shape index (κ1) is 12.0. The maximum Gasteiger partial charge on any atom is 0.289 e. The summed E-state index contributed by atoms with van der Waals surface area (Å²) < 4.78 is 11.5. The number of nitrogens with zero attached hydrogens (tertiary/aromatic N) is 1. The van der Waals surface area contributed by atoms with Crippen LogP contribution in [-0.2, 0) is 0 Å². The number of carbonyl (C=O) groups excluding carboxylic acids is 1. The van der Waals surface area contributed by atoms with Crippen LogP contribution in [-0.4, -0.2) is 32.0 Å². The molecule has 0 aliphatic heterocycles. The van der Waals surface area contributed by atoms with Gasteiger partial charge in [-0.25, -0.2) is 0 Å². The van der Waals surface area contributed by atoms with E-state index in [2.05, 4.69) is 15.9 Å². The summed E-state index contributed by atoms with van der Waals surface area (Å²) in [6.07, 6.45) is 0. The highest BCUT2D eigenvalue weighted by Gasteiger charge is 2.15. The van der Waals surface area contributed by atoms with Crippen LogP contribution in [0.2, 0.25) is 0 Å². The lowest BCUT2D eigenvalue weighted by Gasteiger charge is -2.06. The summed E-state index contributed by atoms with van der Waals surface area (Å²) in [5.74, 6) is 0.878. The molecule has 1 heterocycles. The fraction of sp³-hybridized carbons (Fsp3) is 0.250. The minimum absolute atomic E-state index is 0.156. The van der Waals surface area contributed by atoms with Gasteiger partial charge in [0.1, 0.15) is 11.3 Å². The molecule has 4 nitrogen and oxygen atoms in total. The van der Waals surface area contributed by atoms with Gasteiger partial charge < -0.3 is 14.1 Å². The molecule has 1 aromatic heterocycles. The number of furan rings is 1. The molecule has 0 aliphatic carbocycles. The van der Waals surface area contributed by atoms with Crippen molar-refractivity contribution in [2.75, 3.05) is 21.2 Å². The fourth-order valence-corrected chi connectivity index (χ4v) is 2.01. The molecule has 0 saturated carbocycles. The summed E-state index contributed by atoms with van der Waals surface area (Å²) in [4.78, 5) is 13.2. The first-order valence-electron chi connectivity index (χ1n) is 5.01. The topological polar surface area (TPSA) is 42.7 Å². The SMILES string of the molecule is COc1cc2cc(C(=O)N(C)C)oc2cc1Br. The molecule has 0 spiro atoms. The second-order valence-electron chi connectivity index (χ2n) is 3.83. The summed E-state index contributed by atoms with van der Waals surface area (Å²) in [5, 5.41) is 0.843. The van der Waals surface area contributed by atoms with Gasteiger partial charge in [-0.1, -0.05) is 0 Å². The lowest BCUT2D eigenvalue weighted by Crippen LogP contribution is -2.20. The second-order valence-corrected chi connectivity index (χ2v) is 4.69. The predicted molar refractivity (Wildman–Crippen MR) is 68.5 cm³/mol. The number of rotatable bonds is 2. The van der Waals surface area contributed by atoms with Gasteiger partial charge in [-0.15, -0.1) is 0 Å². The van der Waals surface area contributed by atoms with E-state index in [0.717, 1.165) is 9.86 Å². The van der Waals surface area contributed by atoms with Gasteiger partial charge in [0.25, 0.3) is 5.91 Å². The van der Waals surface area contributed by atoms with Gasteiger partial charge in [0.2, 0.25) is 0 Å². The maximum atomic E-state index is 11.7.